The van der Waals surface area contributed by atoms with Crippen LogP contribution in [0.4, 0.5) is 0 Å². The molecule has 3 rings (SSSR count). The van der Waals surface area contributed by atoms with Gasteiger partial charge >= 0.3 is 0 Å². The summed E-state index contributed by atoms with van der Waals surface area (Å²) in [5.74, 6) is 0.522. The van der Waals surface area contributed by atoms with Crippen molar-refractivity contribution in [3.8, 4) is 5.75 Å². The van der Waals surface area contributed by atoms with Crippen LogP contribution < -0.4 is 9.54 Å². The Hall–Kier alpha value is -2.41. The zero-order valence-corrected chi connectivity index (χ0v) is 14.1. The average molecular weight is 330 g/mol. The largest absolute Gasteiger partial charge is 0.492 e. The number of amides is 1. The zero-order chi connectivity index (χ0) is 16.4. The van der Waals surface area contributed by atoms with E-state index in [4.69, 9.17) is 4.74 Å². The lowest BCUT2D eigenvalue weighted by Gasteiger charge is -2.07. The molecular weight excluding hydrogens is 312 g/mol. The van der Waals surface area contributed by atoms with Gasteiger partial charge in [0.25, 0.3) is 5.91 Å². The number of hydrogen-bond acceptors (Lipinski definition) is 4. The summed E-state index contributed by atoms with van der Waals surface area (Å²) in [7, 11) is 1.73. The third-order valence-electron chi connectivity index (χ3n) is 3.52. The first-order valence-corrected chi connectivity index (χ1v) is 8.29. The summed E-state index contributed by atoms with van der Waals surface area (Å²) in [5, 5.41) is 4.02. The molecule has 3 aromatic rings. The number of fused-ring (bicyclic) bond motifs is 1. The van der Waals surface area contributed by atoms with Crippen molar-refractivity contribution < 1.29 is 9.53 Å². The maximum absolute atomic E-state index is 12.4. The van der Waals surface area contributed by atoms with Gasteiger partial charge in [-0.3, -0.25) is 9.48 Å². The molecule has 2 aromatic heterocycles. The van der Waals surface area contributed by atoms with Crippen molar-refractivity contribution in [2.45, 2.75) is 20.4 Å². The Morgan fingerprint density at radius 3 is 2.83 bits per heavy atom. The average Bonchev–Trinajstić information content (AvgIpc) is 3.11. The topological polar surface area (TPSA) is 61.4 Å². The van der Waals surface area contributed by atoms with E-state index in [1.807, 2.05) is 36.6 Å². The molecule has 2 heterocycles. The number of rotatable bonds is 4. The van der Waals surface area contributed by atoms with Gasteiger partial charge in [-0.25, -0.2) is 0 Å². The number of carbonyl (C=O) groups is 1. The minimum absolute atomic E-state index is 0.295. The molecule has 7 heteroatoms. The Kier molecular flexibility index (Phi) is 4.29. The Balaban J connectivity index is 2.18. The molecule has 0 aliphatic rings. The predicted molar refractivity (Wildman–Crippen MR) is 89.8 cm³/mol. The van der Waals surface area contributed by atoms with Crippen LogP contribution in [-0.4, -0.2) is 26.9 Å². The van der Waals surface area contributed by atoms with Crippen molar-refractivity contribution in [2.75, 3.05) is 6.61 Å². The number of nitrogens with zero attached hydrogens (tertiary/aromatic N) is 4. The van der Waals surface area contributed by atoms with Gasteiger partial charge in [0, 0.05) is 19.8 Å². The summed E-state index contributed by atoms with van der Waals surface area (Å²) in [6, 6.07) is 7.58. The van der Waals surface area contributed by atoms with Crippen molar-refractivity contribution in [1.82, 2.24) is 14.3 Å². The Morgan fingerprint density at radius 2 is 2.17 bits per heavy atom. The van der Waals surface area contributed by atoms with Crippen LogP contribution >= 0.6 is 11.3 Å². The highest BCUT2D eigenvalue weighted by molar-refractivity contribution is 7.16. The number of thiazole rings is 1. The molecule has 0 aliphatic carbocycles. The molecule has 120 valence electrons. The number of aromatic nitrogens is 3. The summed E-state index contributed by atoms with van der Waals surface area (Å²) in [4.78, 5) is 17.4. The Morgan fingerprint density at radius 1 is 1.35 bits per heavy atom. The van der Waals surface area contributed by atoms with Gasteiger partial charge in [-0.05, 0) is 32.0 Å². The minimum atomic E-state index is -0.295. The lowest BCUT2D eigenvalue weighted by Crippen LogP contribution is -2.17. The molecule has 0 saturated heterocycles. The molecule has 1 amide bonds. The molecular formula is C16H18N4O2S. The Labute approximate surface area is 137 Å². The molecule has 6 nitrogen and oxygen atoms in total. The molecule has 0 N–H and O–H groups in total. The van der Waals surface area contributed by atoms with E-state index in [0.717, 1.165) is 16.0 Å². The second-order valence-corrected chi connectivity index (χ2v) is 5.93. The van der Waals surface area contributed by atoms with Gasteiger partial charge in [0.1, 0.15) is 17.0 Å². The standard InChI is InChI=1S/C16H18N4O2S/c1-4-20-14-12(22-5-2)7-6-8-13(14)23-16(20)18-15(21)11-9-10-17-19(11)3/h6-10H,4-5H2,1-3H3. The second kappa shape index (κ2) is 6.37. The number of ether oxygens (including phenoxy) is 1. The van der Waals surface area contributed by atoms with Crippen LogP contribution in [0.1, 0.15) is 24.3 Å². The maximum atomic E-state index is 12.4. The van der Waals surface area contributed by atoms with Crippen molar-refractivity contribution in [3.63, 3.8) is 0 Å². The van der Waals surface area contributed by atoms with Crippen LogP contribution in [0.2, 0.25) is 0 Å². The van der Waals surface area contributed by atoms with E-state index in [0.29, 0.717) is 23.6 Å². The third-order valence-corrected chi connectivity index (χ3v) is 4.56. The first-order chi connectivity index (χ1) is 11.2. The van der Waals surface area contributed by atoms with E-state index in [-0.39, 0.29) is 5.91 Å². The molecule has 0 atom stereocenters. The van der Waals surface area contributed by atoms with Crippen molar-refractivity contribution in [3.05, 3.63) is 41.0 Å². The van der Waals surface area contributed by atoms with Crippen molar-refractivity contribution in [1.29, 1.82) is 0 Å². The monoisotopic (exact) mass is 330 g/mol. The number of aryl methyl sites for hydroxylation is 2. The fourth-order valence-corrected chi connectivity index (χ4v) is 3.59. The van der Waals surface area contributed by atoms with Gasteiger partial charge in [0.15, 0.2) is 4.80 Å². The normalized spacial score (nSPS) is 12.0. The minimum Gasteiger partial charge on any atom is -0.492 e. The molecule has 0 bridgehead atoms. The third kappa shape index (κ3) is 2.79. The van der Waals surface area contributed by atoms with E-state index in [1.54, 1.807) is 19.3 Å². The summed E-state index contributed by atoms with van der Waals surface area (Å²) >= 11 is 1.49. The first-order valence-electron chi connectivity index (χ1n) is 7.48. The van der Waals surface area contributed by atoms with Crippen molar-refractivity contribution in [2.24, 2.45) is 12.0 Å². The highest BCUT2D eigenvalue weighted by Crippen LogP contribution is 2.27. The van der Waals surface area contributed by atoms with Crippen LogP contribution in [0.3, 0.4) is 0 Å². The second-order valence-electron chi connectivity index (χ2n) is 4.92. The number of carbonyl (C=O) groups excluding carboxylic acids is 1. The number of para-hydroxylation sites is 1. The summed E-state index contributed by atoms with van der Waals surface area (Å²) in [6.07, 6.45) is 1.59. The van der Waals surface area contributed by atoms with Crippen LogP contribution in [-0.2, 0) is 13.6 Å². The summed E-state index contributed by atoms with van der Waals surface area (Å²) < 4.78 is 10.3. The predicted octanol–water partition coefficient (Wildman–Crippen LogP) is 2.60. The molecule has 0 unspecified atom stereocenters. The lowest BCUT2D eigenvalue weighted by atomic mass is 10.3. The number of benzene rings is 1. The van der Waals surface area contributed by atoms with Gasteiger partial charge in [-0.2, -0.15) is 10.1 Å². The Bertz CT molecular complexity index is 920. The van der Waals surface area contributed by atoms with Crippen LogP contribution in [0, 0.1) is 0 Å². The van der Waals surface area contributed by atoms with Crippen molar-refractivity contribution >= 4 is 27.5 Å². The molecule has 1 aromatic carbocycles. The van der Waals surface area contributed by atoms with Gasteiger partial charge in [0.05, 0.1) is 11.3 Å². The fraction of sp³-hybridized carbons (Fsp3) is 0.312. The highest BCUT2D eigenvalue weighted by Gasteiger charge is 2.13. The molecule has 0 radical (unpaired) electrons. The van der Waals surface area contributed by atoms with Crippen LogP contribution in [0.15, 0.2) is 35.5 Å². The van der Waals surface area contributed by atoms with Gasteiger partial charge in [-0.1, -0.05) is 17.4 Å². The van der Waals surface area contributed by atoms with Gasteiger partial charge in [0.2, 0.25) is 0 Å². The molecule has 0 spiro atoms. The van der Waals surface area contributed by atoms with E-state index in [1.165, 1.54) is 16.0 Å². The maximum Gasteiger partial charge on any atom is 0.297 e. The van der Waals surface area contributed by atoms with E-state index < -0.39 is 0 Å². The van der Waals surface area contributed by atoms with E-state index in [2.05, 4.69) is 10.1 Å². The summed E-state index contributed by atoms with van der Waals surface area (Å²) in [6.45, 7) is 5.29. The number of hydrogen-bond donors (Lipinski definition) is 0. The molecule has 0 fully saturated rings. The SMILES string of the molecule is CCOc1cccc2sc(=NC(=O)c3ccnn3C)n(CC)c12. The van der Waals surface area contributed by atoms with Crippen LogP contribution in [0.5, 0.6) is 5.75 Å². The lowest BCUT2D eigenvalue weighted by molar-refractivity contribution is 0.0989. The summed E-state index contributed by atoms with van der Waals surface area (Å²) in [5.41, 5.74) is 1.45. The highest BCUT2D eigenvalue weighted by atomic mass is 32.1. The van der Waals surface area contributed by atoms with E-state index >= 15 is 0 Å². The fourth-order valence-electron chi connectivity index (χ4n) is 2.48. The van der Waals surface area contributed by atoms with E-state index in [9.17, 15) is 4.79 Å². The molecule has 23 heavy (non-hydrogen) atoms. The van der Waals surface area contributed by atoms with Gasteiger partial charge < -0.3 is 9.30 Å². The van der Waals surface area contributed by atoms with Gasteiger partial charge in [-0.15, -0.1) is 0 Å². The molecule has 0 saturated carbocycles. The molecule has 0 aliphatic heterocycles. The smallest absolute Gasteiger partial charge is 0.297 e. The zero-order valence-electron chi connectivity index (χ0n) is 13.3. The first kappa shape index (κ1) is 15.5. The quantitative estimate of drug-likeness (QED) is 0.739. The van der Waals surface area contributed by atoms with Crippen LogP contribution in [0.25, 0.3) is 10.2 Å².